The van der Waals surface area contributed by atoms with Crippen molar-refractivity contribution in [1.82, 2.24) is 10.3 Å². The number of pyridine rings is 1. The number of hydrogen-bond donors (Lipinski definition) is 2. The SMILES string of the molecule is CC(C(=O)NC(C1=COC=C(CC2=CC=CCC2)O1)(c1cccnc1)C(F)(F)F)c1ccc(NS(C)(=O)=O)c(F)c1. The van der Waals surface area contributed by atoms with Gasteiger partial charge >= 0.3 is 6.18 Å². The number of hydrogen-bond acceptors (Lipinski definition) is 6. The van der Waals surface area contributed by atoms with E-state index in [4.69, 9.17) is 9.47 Å². The molecule has 1 aliphatic carbocycles. The molecule has 0 saturated carbocycles. The largest absolute Gasteiger partial charge is 0.465 e. The average molecular weight is 594 g/mol. The summed E-state index contributed by atoms with van der Waals surface area (Å²) in [5.74, 6) is -4.04. The molecule has 2 N–H and O–H groups in total. The van der Waals surface area contributed by atoms with Gasteiger partial charge in [-0.2, -0.15) is 13.2 Å². The maximum atomic E-state index is 15.1. The van der Waals surface area contributed by atoms with E-state index in [2.05, 4.69) is 10.3 Å². The molecule has 2 aliphatic rings. The van der Waals surface area contributed by atoms with E-state index >= 15 is 13.2 Å². The molecule has 13 heteroatoms. The number of rotatable bonds is 9. The average Bonchev–Trinajstić information content (AvgIpc) is 2.92. The number of benzene rings is 1. The van der Waals surface area contributed by atoms with Gasteiger partial charge in [-0.15, -0.1) is 0 Å². The highest BCUT2D eigenvalue weighted by Crippen LogP contribution is 2.47. The van der Waals surface area contributed by atoms with Crippen molar-refractivity contribution in [3.05, 3.63) is 108 Å². The maximum absolute atomic E-state index is 15.1. The third-order valence-corrected chi connectivity index (χ3v) is 7.09. The van der Waals surface area contributed by atoms with Crippen LogP contribution in [-0.2, 0) is 29.8 Å². The molecule has 2 atom stereocenters. The minimum Gasteiger partial charge on any atom is -0.465 e. The summed E-state index contributed by atoms with van der Waals surface area (Å²) < 4.78 is 96.0. The van der Waals surface area contributed by atoms with Crippen molar-refractivity contribution in [2.24, 2.45) is 0 Å². The van der Waals surface area contributed by atoms with Gasteiger partial charge in [0.05, 0.1) is 17.9 Å². The highest BCUT2D eigenvalue weighted by atomic mass is 32.2. The lowest BCUT2D eigenvalue weighted by atomic mass is 9.86. The molecule has 0 saturated heterocycles. The van der Waals surface area contributed by atoms with Crippen LogP contribution in [0.5, 0.6) is 0 Å². The van der Waals surface area contributed by atoms with Crippen molar-refractivity contribution in [3.63, 3.8) is 0 Å². The second-order valence-electron chi connectivity index (χ2n) is 9.59. The number of aromatic nitrogens is 1. The van der Waals surface area contributed by atoms with Gasteiger partial charge in [0.2, 0.25) is 21.5 Å². The molecule has 1 aromatic carbocycles. The summed E-state index contributed by atoms with van der Waals surface area (Å²) in [6.07, 6.45) is 7.25. The summed E-state index contributed by atoms with van der Waals surface area (Å²) in [6.45, 7) is 1.29. The number of anilines is 1. The first kappa shape index (κ1) is 29.8. The fraction of sp³-hybridized carbons (Fsp3) is 0.286. The second-order valence-corrected chi connectivity index (χ2v) is 11.3. The van der Waals surface area contributed by atoms with E-state index in [1.807, 2.05) is 23.0 Å². The van der Waals surface area contributed by atoms with Gasteiger partial charge in [-0.05, 0) is 43.5 Å². The lowest BCUT2D eigenvalue weighted by Gasteiger charge is -2.39. The Hall–Kier alpha value is -4.13. The van der Waals surface area contributed by atoms with Crippen molar-refractivity contribution >= 4 is 21.6 Å². The van der Waals surface area contributed by atoms with Crippen molar-refractivity contribution in [1.29, 1.82) is 0 Å². The molecule has 0 radical (unpaired) electrons. The summed E-state index contributed by atoms with van der Waals surface area (Å²) in [5.41, 5.74) is -3.10. The first-order valence-electron chi connectivity index (χ1n) is 12.4. The molecule has 2 unspecified atom stereocenters. The molecular weight excluding hydrogens is 566 g/mol. The Kier molecular flexibility index (Phi) is 8.57. The highest BCUT2D eigenvalue weighted by Gasteiger charge is 2.62. The zero-order valence-corrected chi connectivity index (χ0v) is 22.9. The van der Waals surface area contributed by atoms with Crippen molar-refractivity contribution < 1.29 is 40.2 Å². The van der Waals surface area contributed by atoms with Gasteiger partial charge < -0.3 is 14.8 Å². The molecule has 2 aromatic rings. The number of carbonyl (C=O) groups is 1. The lowest BCUT2D eigenvalue weighted by molar-refractivity contribution is -0.201. The number of nitrogens with zero attached hydrogens (tertiary/aromatic N) is 1. The van der Waals surface area contributed by atoms with Crippen LogP contribution < -0.4 is 10.0 Å². The molecule has 1 amide bonds. The minimum atomic E-state index is -5.15. The summed E-state index contributed by atoms with van der Waals surface area (Å²) in [6, 6.07) is 5.64. The molecule has 41 heavy (non-hydrogen) atoms. The number of sulfonamides is 1. The zero-order chi connectivity index (χ0) is 29.8. The monoisotopic (exact) mass is 593 g/mol. The third kappa shape index (κ3) is 6.79. The quantitative estimate of drug-likeness (QED) is 0.363. The summed E-state index contributed by atoms with van der Waals surface area (Å²) in [4.78, 5) is 17.2. The number of allylic oxidation sites excluding steroid dienone is 4. The van der Waals surface area contributed by atoms with Gasteiger partial charge in [0.15, 0.2) is 5.76 Å². The number of ether oxygens (including phenoxy) is 2. The molecule has 0 fully saturated rings. The second kappa shape index (κ2) is 11.8. The van der Waals surface area contributed by atoms with Crippen molar-refractivity contribution in [2.45, 2.75) is 43.8 Å². The van der Waals surface area contributed by atoms with Crippen LogP contribution in [0.4, 0.5) is 23.2 Å². The van der Waals surface area contributed by atoms with Crippen LogP contribution in [0.15, 0.2) is 90.6 Å². The van der Waals surface area contributed by atoms with E-state index in [-0.39, 0.29) is 23.4 Å². The topological polar surface area (TPSA) is 107 Å². The van der Waals surface area contributed by atoms with E-state index in [1.165, 1.54) is 31.5 Å². The van der Waals surface area contributed by atoms with Crippen molar-refractivity contribution in [2.75, 3.05) is 11.0 Å². The first-order chi connectivity index (χ1) is 19.3. The van der Waals surface area contributed by atoms with E-state index in [9.17, 15) is 17.6 Å². The number of amides is 1. The van der Waals surface area contributed by atoms with Crippen LogP contribution in [0.3, 0.4) is 0 Å². The van der Waals surface area contributed by atoms with Gasteiger partial charge in [-0.1, -0.05) is 35.9 Å². The summed E-state index contributed by atoms with van der Waals surface area (Å²) in [7, 11) is -3.79. The fourth-order valence-electron chi connectivity index (χ4n) is 4.39. The van der Waals surface area contributed by atoms with Crippen LogP contribution in [0.1, 0.15) is 43.2 Å². The van der Waals surface area contributed by atoms with Crippen LogP contribution >= 0.6 is 0 Å². The van der Waals surface area contributed by atoms with Crippen LogP contribution in [0.2, 0.25) is 0 Å². The molecule has 8 nitrogen and oxygen atoms in total. The molecule has 2 heterocycles. The molecule has 218 valence electrons. The maximum Gasteiger partial charge on any atom is 0.423 e. The van der Waals surface area contributed by atoms with Crippen LogP contribution in [0.25, 0.3) is 0 Å². The van der Waals surface area contributed by atoms with Gasteiger partial charge in [0.1, 0.15) is 24.1 Å². The first-order valence-corrected chi connectivity index (χ1v) is 14.3. The Balaban J connectivity index is 1.69. The van der Waals surface area contributed by atoms with E-state index in [0.717, 1.165) is 48.9 Å². The Bertz CT molecular complexity index is 1540. The number of halogens is 4. The van der Waals surface area contributed by atoms with Gasteiger partial charge in [0.25, 0.3) is 0 Å². The molecule has 0 spiro atoms. The van der Waals surface area contributed by atoms with E-state index in [0.29, 0.717) is 6.42 Å². The highest BCUT2D eigenvalue weighted by molar-refractivity contribution is 7.92. The predicted molar refractivity (Wildman–Crippen MR) is 143 cm³/mol. The summed E-state index contributed by atoms with van der Waals surface area (Å²) >= 11 is 0. The Morgan fingerprint density at radius 1 is 1.20 bits per heavy atom. The lowest BCUT2D eigenvalue weighted by Crippen LogP contribution is -2.58. The third-order valence-electron chi connectivity index (χ3n) is 6.50. The molecular formula is C28H27F4N3O5S. The fourth-order valence-corrected chi connectivity index (χ4v) is 4.95. The van der Waals surface area contributed by atoms with E-state index < -0.39 is 50.7 Å². The zero-order valence-electron chi connectivity index (χ0n) is 22.0. The normalized spacial score (nSPS) is 17.6. The number of nitrogens with one attached hydrogen (secondary N) is 2. The molecule has 1 aliphatic heterocycles. The Morgan fingerprint density at radius 2 is 1.98 bits per heavy atom. The molecule has 1 aromatic heterocycles. The standard InChI is InChI=1S/C28H27F4N3O5S/c1-18(20-10-11-24(23(29)14-20)35-41(2,37)38)26(36)34-27(28(30,31)32,21-9-6-12-33-15-21)25-17-39-16-22(40-25)13-19-7-4-3-5-8-19/h3-4,6-7,9-12,14-18,35H,5,8,13H2,1-2H3,(H,34,36). The molecule has 4 rings (SSSR count). The van der Waals surface area contributed by atoms with E-state index in [1.54, 1.807) is 0 Å². The van der Waals surface area contributed by atoms with Gasteiger partial charge in [0, 0.05) is 24.4 Å². The summed E-state index contributed by atoms with van der Waals surface area (Å²) in [5, 5.41) is 2.09. The number of alkyl halides is 3. The number of carbonyl (C=O) groups excluding carboxylic acids is 1. The van der Waals surface area contributed by atoms with Crippen LogP contribution in [-0.4, -0.2) is 31.7 Å². The van der Waals surface area contributed by atoms with Crippen molar-refractivity contribution in [3.8, 4) is 0 Å². The Morgan fingerprint density at radius 3 is 2.59 bits per heavy atom. The van der Waals surface area contributed by atoms with Crippen LogP contribution in [0, 0.1) is 5.82 Å². The van der Waals surface area contributed by atoms with Gasteiger partial charge in [-0.25, -0.2) is 12.8 Å². The molecule has 0 bridgehead atoms. The Labute approximate surface area is 234 Å². The minimum absolute atomic E-state index is 0.00831. The smallest absolute Gasteiger partial charge is 0.423 e. The predicted octanol–water partition coefficient (Wildman–Crippen LogP) is 5.67. The van der Waals surface area contributed by atoms with Gasteiger partial charge in [-0.3, -0.25) is 14.5 Å².